The fourth-order valence-electron chi connectivity index (χ4n) is 3.91. The summed E-state index contributed by atoms with van der Waals surface area (Å²) in [7, 11) is 0. The van der Waals surface area contributed by atoms with Crippen molar-refractivity contribution in [3.63, 3.8) is 0 Å². The van der Waals surface area contributed by atoms with Crippen LogP contribution in [0.5, 0.6) is 0 Å². The number of hydrogen-bond donors (Lipinski definition) is 2. The number of hydrogen-bond acceptors (Lipinski definition) is 5. The first-order valence-corrected chi connectivity index (χ1v) is 10.3. The molecule has 0 bridgehead atoms. The molecular weight excluding hydrogens is 390 g/mol. The van der Waals surface area contributed by atoms with Crippen molar-refractivity contribution in [3.05, 3.63) is 55.4 Å². The van der Waals surface area contributed by atoms with Crippen LogP contribution in [0.1, 0.15) is 63.9 Å². The number of carbonyl (C=O) groups is 2. The Labute approximate surface area is 173 Å². The maximum absolute atomic E-state index is 12.8. The van der Waals surface area contributed by atoms with Crippen molar-refractivity contribution in [2.24, 2.45) is 17.1 Å². The van der Waals surface area contributed by atoms with Gasteiger partial charge in [-0.3, -0.25) is 19.7 Å². The summed E-state index contributed by atoms with van der Waals surface area (Å²) in [4.78, 5) is 36.7. The number of anilines is 1. The molecule has 154 valence electrons. The van der Waals surface area contributed by atoms with Crippen molar-refractivity contribution in [2.45, 2.75) is 47.0 Å². The highest BCUT2D eigenvalue weighted by Gasteiger charge is 2.33. The van der Waals surface area contributed by atoms with Gasteiger partial charge in [-0.2, -0.15) is 0 Å². The number of carbonyl (C=O) groups excluding carboxylic acids is 2. The Hall–Kier alpha value is -2.74. The van der Waals surface area contributed by atoms with Gasteiger partial charge in [0.15, 0.2) is 0 Å². The molecule has 1 aliphatic carbocycles. The van der Waals surface area contributed by atoms with Gasteiger partial charge in [0.1, 0.15) is 5.00 Å². The molecule has 3 N–H and O–H groups in total. The summed E-state index contributed by atoms with van der Waals surface area (Å²) in [5, 5.41) is 14.4. The third-order valence-electron chi connectivity index (χ3n) is 5.71. The number of fused-ring (bicyclic) bond motifs is 1. The van der Waals surface area contributed by atoms with Gasteiger partial charge in [-0.05, 0) is 49.1 Å². The second-order valence-electron chi connectivity index (χ2n) is 8.54. The van der Waals surface area contributed by atoms with Crippen molar-refractivity contribution < 1.29 is 14.5 Å². The molecule has 0 spiro atoms. The molecule has 0 saturated heterocycles. The van der Waals surface area contributed by atoms with Gasteiger partial charge >= 0.3 is 0 Å². The van der Waals surface area contributed by atoms with Gasteiger partial charge < -0.3 is 11.1 Å². The third-order valence-corrected chi connectivity index (χ3v) is 6.88. The number of nitro benzene ring substituents is 1. The molecule has 0 fully saturated rings. The smallest absolute Gasteiger partial charge is 0.273 e. The second kappa shape index (κ2) is 7.59. The van der Waals surface area contributed by atoms with E-state index in [1.165, 1.54) is 36.5 Å². The first kappa shape index (κ1) is 21.0. The van der Waals surface area contributed by atoms with Crippen LogP contribution in [-0.4, -0.2) is 16.7 Å². The zero-order chi connectivity index (χ0) is 21.5. The Morgan fingerprint density at radius 1 is 1.31 bits per heavy atom. The summed E-state index contributed by atoms with van der Waals surface area (Å²) in [5.74, 6) is -0.570. The number of nitrogens with zero attached hydrogens (tertiary/aromatic N) is 1. The molecule has 1 aromatic heterocycles. The molecule has 2 amide bonds. The maximum atomic E-state index is 12.8. The summed E-state index contributed by atoms with van der Waals surface area (Å²) in [6.07, 6.45) is 2.55. The maximum Gasteiger partial charge on any atom is 0.273 e. The van der Waals surface area contributed by atoms with Gasteiger partial charge in [0.05, 0.1) is 10.5 Å². The van der Waals surface area contributed by atoms with E-state index in [1.807, 2.05) is 0 Å². The van der Waals surface area contributed by atoms with Crippen molar-refractivity contribution in [3.8, 4) is 0 Å². The van der Waals surface area contributed by atoms with E-state index in [-0.39, 0.29) is 22.2 Å². The van der Waals surface area contributed by atoms with E-state index in [9.17, 15) is 19.7 Å². The monoisotopic (exact) mass is 415 g/mol. The highest BCUT2D eigenvalue weighted by atomic mass is 32.1. The van der Waals surface area contributed by atoms with Gasteiger partial charge in [-0.25, -0.2) is 0 Å². The fraction of sp³-hybridized carbons (Fsp3) is 0.429. The highest BCUT2D eigenvalue weighted by molar-refractivity contribution is 7.17. The number of thiophene rings is 1. The molecule has 0 saturated carbocycles. The molecular formula is C21H25N3O4S. The molecule has 7 nitrogen and oxygen atoms in total. The van der Waals surface area contributed by atoms with Crippen LogP contribution in [0, 0.1) is 28.4 Å². The fourth-order valence-corrected chi connectivity index (χ4v) is 5.24. The van der Waals surface area contributed by atoms with Crippen molar-refractivity contribution >= 4 is 33.8 Å². The van der Waals surface area contributed by atoms with Crippen LogP contribution in [-0.2, 0) is 12.8 Å². The zero-order valence-corrected chi connectivity index (χ0v) is 17.8. The van der Waals surface area contributed by atoms with E-state index in [0.29, 0.717) is 16.5 Å². The summed E-state index contributed by atoms with van der Waals surface area (Å²) >= 11 is 1.38. The summed E-state index contributed by atoms with van der Waals surface area (Å²) < 4.78 is 0. The van der Waals surface area contributed by atoms with Crippen LogP contribution in [0.2, 0.25) is 0 Å². The van der Waals surface area contributed by atoms with Crippen LogP contribution < -0.4 is 11.1 Å². The van der Waals surface area contributed by atoms with Crippen LogP contribution in [0.25, 0.3) is 0 Å². The average molecular weight is 416 g/mol. The Bertz CT molecular complexity index is 1000. The molecule has 1 aromatic carbocycles. The van der Waals surface area contributed by atoms with Gasteiger partial charge in [-0.1, -0.05) is 26.8 Å². The van der Waals surface area contributed by atoms with E-state index in [2.05, 4.69) is 26.1 Å². The van der Waals surface area contributed by atoms with Crippen LogP contribution in [0.4, 0.5) is 10.7 Å². The summed E-state index contributed by atoms with van der Waals surface area (Å²) in [6, 6.07) is 4.37. The van der Waals surface area contributed by atoms with Crippen molar-refractivity contribution in [1.82, 2.24) is 0 Å². The molecule has 1 aliphatic rings. The van der Waals surface area contributed by atoms with E-state index < -0.39 is 16.7 Å². The van der Waals surface area contributed by atoms with Gasteiger partial charge in [-0.15, -0.1) is 11.3 Å². The number of amides is 2. The van der Waals surface area contributed by atoms with Crippen molar-refractivity contribution in [1.29, 1.82) is 0 Å². The predicted octanol–water partition coefficient (Wildman–Crippen LogP) is 4.47. The number of nitrogens with two attached hydrogens (primary N) is 1. The normalized spacial score (nSPS) is 16.2. The molecule has 8 heteroatoms. The Morgan fingerprint density at radius 3 is 2.59 bits per heavy atom. The van der Waals surface area contributed by atoms with E-state index >= 15 is 0 Å². The zero-order valence-electron chi connectivity index (χ0n) is 17.0. The molecule has 2 aromatic rings. The first-order valence-electron chi connectivity index (χ1n) is 9.50. The molecule has 1 unspecified atom stereocenters. The number of rotatable bonds is 4. The lowest BCUT2D eigenvalue weighted by Crippen LogP contribution is -2.27. The van der Waals surface area contributed by atoms with Crippen LogP contribution in [0.3, 0.4) is 0 Å². The minimum absolute atomic E-state index is 0.119. The standard InChI is InChI=1S/C21H25N3O4S/c1-11-13(6-5-7-15(11)24(27)28)19(26)23-20-17(18(22)25)14-9-8-12(21(2,3)4)10-16(14)29-20/h5-7,12H,8-10H2,1-4H3,(H2,22,25)(H,23,26). The van der Waals surface area contributed by atoms with E-state index in [0.717, 1.165) is 29.7 Å². The minimum atomic E-state index is -0.567. The Kier molecular flexibility index (Phi) is 5.49. The topological polar surface area (TPSA) is 115 Å². The number of nitrogens with one attached hydrogen (secondary N) is 1. The summed E-state index contributed by atoms with van der Waals surface area (Å²) in [5.41, 5.74) is 7.45. The first-order chi connectivity index (χ1) is 13.5. The molecule has 1 atom stereocenters. The molecule has 0 radical (unpaired) electrons. The Balaban J connectivity index is 1.96. The van der Waals surface area contributed by atoms with Gasteiger partial charge in [0.2, 0.25) is 0 Å². The predicted molar refractivity (Wildman–Crippen MR) is 114 cm³/mol. The third kappa shape index (κ3) is 4.03. The Morgan fingerprint density at radius 2 is 2.00 bits per heavy atom. The lowest BCUT2D eigenvalue weighted by atomic mass is 9.72. The number of benzene rings is 1. The second-order valence-corrected chi connectivity index (χ2v) is 9.64. The van der Waals surface area contributed by atoms with E-state index in [1.54, 1.807) is 0 Å². The number of primary amides is 1. The number of nitro groups is 1. The van der Waals surface area contributed by atoms with E-state index in [4.69, 9.17) is 5.73 Å². The van der Waals surface area contributed by atoms with Gasteiger partial charge in [0.25, 0.3) is 17.5 Å². The van der Waals surface area contributed by atoms with Crippen LogP contribution in [0.15, 0.2) is 18.2 Å². The summed E-state index contributed by atoms with van der Waals surface area (Å²) in [6.45, 7) is 8.16. The highest BCUT2D eigenvalue weighted by Crippen LogP contribution is 2.44. The van der Waals surface area contributed by atoms with Crippen molar-refractivity contribution in [2.75, 3.05) is 5.32 Å². The average Bonchev–Trinajstić information content (AvgIpc) is 2.97. The van der Waals surface area contributed by atoms with Gasteiger partial charge in [0, 0.05) is 22.1 Å². The SMILES string of the molecule is Cc1c(C(=O)Nc2sc3c(c2C(N)=O)CCC(C(C)(C)C)C3)cccc1[N+](=O)[O-]. The molecule has 1 heterocycles. The molecule has 29 heavy (non-hydrogen) atoms. The molecule has 3 rings (SSSR count). The molecule has 0 aliphatic heterocycles. The van der Waals surface area contributed by atoms with Crippen LogP contribution >= 0.6 is 11.3 Å². The minimum Gasteiger partial charge on any atom is -0.365 e. The largest absolute Gasteiger partial charge is 0.365 e. The lowest BCUT2D eigenvalue weighted by molar-refractivity contribution is -0.385. The quantitative estimate of drug-likeness (QED) is 0.566. The lowest BCUT2D eigenvalue weighted by Gasteiger charge is -2.33.